The van der Waals surface area contributed by atoms with E-state index in [2.05, 4.69) is 15.3 Å². The van der Waals surface area contributed by atoms with Crippen molar-refractivity contribution >= 4 is 6.09 Å². The van der Waals surface area contributed by atoms with E-state index in [-0.39, 0.29) is 6.09 Å². The molecule has 2 N–H and O–H groups in total. The molecule has 112 valence electrons. The molecule has 0 saturated carbocycles. The highest BCUT2D eigenvalue weighted by Gasteiger charge is 2.29. The molecule has 1 aliphatic heterocycles. The van der Waals surface area contributed by atoms with Crippen molar-refractivity contribution < 1.29 is 9.53 Å². The minimum Gasteiger partial charge on any atom is -0.444 e. The number of aromatic amines is 1. The van der Waals surface area contributed by atoms with Gasteiger partial charge >= 0.3 is 6.09 Å². The van der Waals surface area contributed by atoms with Gasteiger partial charge in [0.15, 0.2) is 0 Å². The van der Waals surface area contributed by atoms with E-state index in [1.807, 2.05) is 27.0 Å². The SMILES string of the molecule is CC(C)(C)OC(=O)N1CCC(CNCc2ncc[nH]2)C1. The summed E-state index contributed by atoms with van der Waals surface area (Å²) in [5, 5.41) is 3.36. The summed E-state index contributed by atoms with van der Waals surface area (Å²) in [5.41, 5.74) is -0.424. The maximum absolute atomic E-state index is 11.9. The number of likely N-dealkylation sites (tertiary alicyclic amines) is 1. The van der Waals surface area contributed by atoms with Gasteiger partial charge in [0, 0.05) is 32.0 Å². The van der Waals surface area contributed by atoms with Crippen LogP contribution in [0.2, 0.25) is 0 Å². The van der Waals surface area contributed by atoms with E-state index < -0.39 is 5.60 Å². The van der Waals surface area contributed by atoms with Crippen molar-refractivity contribution in [3.8, 4) is 0 Å². The Morgan fingerprint density at radius 1 is 1.60 bits per heavy atom. The van der Waals surface area contributed by atoms with Crippen LogP contribution in [0.5, 0.6) is 0 Å². The van der Waals surface area contributed by atoms with Gasteiger partial charge in [0.1, 0.15) is 11.4 Å². The minimum atomic E-state index is -0.424. The van der Waals surface area contributed by atoms with Crippen LogP contribution in [0.15, 0.2) is 12.4 Å². The lowest BCUT2D eigenvalue weighted by molar-refractivity contribution is 0.0288. The van der Waals surface area contributed by atoms with Crippen molar-refractivity contribution in [2.24, 2.45) is 5.92 Å². The van der Waals surface area contributed by atoms with Crippen LogP contribution in [0.4, 0.5) is 4.79 Å². The fourth-order valence-electron chi connectivity index (χ4n) is 2.28. The molecule has 2 rings (SSSR count). The Morgan fingerprint density at radius 3 is 3.05 bits per heavy atom. The third kappa shape index (κ3) is 4.52. The molecule has 6 heteroatoms. The van der Waals surface area contributed by atoms with Crippen molar-refractivity contribution in [2.75, 3.05) is 19.6 Å². The second-order valence-corrected chi connectivity index (χ2v) is 6.25. The molecule has 1 unspecified atom stereocenters. The summed E-state index contributed by atoms with van der Waals surface area (Å²) >= 11 is 0. The monoisotopic (exact) mass is 280 g/mol. The van der Waals surface area contributed by atoms with E-state index >= 15 is 0 Å². The van der Waals surface area contributed by atoms with Crippen LogP contribution in [0, 0.1) is 5.92 Å². The molecule has 1 amide bonds. The number of H-pyrrole nitrogens is 1. The minimum absolute atomic E-state index is 0.203. The molecule has 0 bridgehead atoms. The number of imidazole rings is 1. The van der Waals surface area contributed by atoms with Gasteiger partial charge in [-0.15, -0.1) is 0 Å². The Labute approximate surface area is 119 Å². The lowest BCUT2D eigenvalue weighted by Gasteiger charge is -2.24. The van der Waals surface area contributed by atoms with Crippen LogP contribution in [0.25, 0.3) is 0 Å². The zero-order valence-electron chi connectivity index (χ0n) is 12.5. The maximum atomic E-state index is 11.9. The van der Waals surface area contributed by atoms with Crippen molar-refractivity contribution in [3.05, 3.63) is 18.2 Å². The molecule has 2 heterocycles. The number of ether oxygens (including phenoxy) is 1. The van der Waals surface area contributed by atoms with Crippen molar-refractivity contribution in [1.29, 1.82) is 0 Å². The zero-order chi connectivity index (χ0) is 14.6. The topological polar surface area (TPSA) is 70.2 Å². The average Bonchev–Trinajstić information content (AvgIpc) is 2.97. The number of nitrogens with one attached hydrogen (secondary N) is 2. The second-order valence-electron chi connectivity index (χ2n) is 6.25. The number of aromatic nitrogens is 2. The Kier molecular flexibility index (Phi) is 4.65. The predicted octanol–water partition coefficient (Wildman–Crippen LogP) is 1.76. The summed E-state index contributed by atoms with van der Waals surface area (Å²) in [4.78, 5) is 20.9. The molecule has 1 aliphatic rings. The number of carbonyl (C=O) groups is 1. The van der Waals surface area contributed by atoms with E-state index in [1.165, 1.54) is 0 Å². The number of carbonyl (C=O) groups excluding carboxylic acids is 1. The van der Waals surface area contributed by atoms with Crippen LogP contribution in [-0.2, 0) is 11.3 Å². The highest BCUT2D eigenvalue weighted by molar-refractivity contribution is 5.68. The Balaban J connectivity index is 1.68. The molecule has 1 saturated heterocycles. The standard InChI is InChI=1S/C14H24N4O2/c1-14(2,3)20-13(19)18-7-4-11(10-18)8-15-9-12-16-5-6-17-12/h5-6,11,15H,4,7-10H2,1-3H3,(H,16,17). The highest BCUT2D eigenvalue weighted by atomic mass is 16.6. The molecule has 1 atom stereocenters. The number of amides is 1. The van der Waals surface area contributed by atoms with E-state index in [4.69, 9.17) is 4.74 Å². The van der Waals surface area contributed by atoms with Gasteiger partial charge in [0.2, 0.25) is 0 Å². The number of hydrogen-bond acceptors (Lipinski definition) is 4. The van der Waals surface area contributed by atoms with E-state index in [1.54, 1.807) is 11.1 Å². The zero-order valence-corrected chi connectivity index (χ0v) is 12.5. The summed E-state index contributed by atoms with van der Waals surface area (Å²) in [6, 6.07) is 0. The smallest absolute Gasteiger partial charge is 0.410 e. The predicted molar refractivity (Wildman–Crippen MR) is 76.2 cm³/mol. The third-order valence-corrected chi connectivity index (χ3v) is 3.22. The Morgan fingerprint density at radius 2 is 2.40 bits per heavy atom. The first-order valence-corrected chi connectivity index (χ1v) is 7.11. The quantitative estimate of drug-likeness (QED) is 0.881. The summed E-state index contributed by atoms with van der Waals surface area (Å²) in [5.74, 6) is 1.42. The van der Waals surface area contributed by atoms with Gasteiger partial charge in [-0.3, -0.25) is 0 Å². The molecular formula is C14H24N4O2. The number of hydrogen-bond donors (Lipinski definition) is 2. The fraction of sp³-hybridized carbons (Fsp3) is 0.714. The Hall–Kier alpha value is -1.56. The van der Waals surface area contributed by atoms with Gasteiger partial charge in [-0.2, -0.15) is 0 Å². The summed E-state index contributed by atoms with van der Waals surface area (Å²) < 4.78 is 5.38. The first kappa shape index (κ1) is 14.8. The molecule has 0 aliphatic carbocycles. The van der Waals surface area contributed by atoms with Crippen LogP contribution in [0.3, 0.4) is 0 Å². The molecule has 0 aromatic carbocycles. The number of rotatable bonds is 4. The van der Waals surface area contributed by atoms with Gasteiger partial charge in [0.05, 0.1) is 6.54 Å². The van der Waals surface area contributed by atoms with Crippen LogP contribution < -0.4 is 5.32 Å². The Bertz CT molecular complexity index is 425. The summed E-state index contributed by atoms with van der Waals surface area (Å²) in [6.07, 6.45) is 4.38. The maximum Gasteiger partial charge on any atom is 0.410 e. The van der Waals surface area contributed by atoms with Crippen molar-refractivity contribution in [2.45, 2.75) is 39.3 Å². The van der Waals surface area contributed by atoms with Gasteiger partial charge < -0.3 is 19.9 Å². The molecular weight excluding hydrogens is 256 g/mol. The molecule has 20 heavy (non-hydrogen) atoms. The van der Waals surface area contributed by atoms with E-state index in [9.17, 15) is 4.79 Å². The fourth-order valence-corrected chi connectivity index (χ4v) is 2.28. The molecule has 6 nitrogen and oxygen atoms in total. The normalized spacial score (nSPS) is 19.4. The van der Waals surface area contributed by atoms with Gasteiger partial charge in [-0.1, -0.05) is 0 Å². The van der Waals surface area contributed by atoms with Gasteiger partial charge in [-0.25, -0.2) is 9.78 Å². The lowest BCUT2D eigenvalue weighted by atomic mass is 10.1. The highest BCUT2D eigenvalue weighted by Crippen LogP contribution is 2.18. The van der Waals surface area contributed by atoms with Crippen LogP contribution >= 0.6 is 0 Å². The second kappa shape index (κ2) is 6.26. The average molecular weight is 280 g/mol. The summed E-state index contributed by atoms with van der Waals surface area (Å²) in [6.45, 7) is 8.84. The van der Waals surface area contributed by atoms with Crippen LogP contribution in [0.1, 0.15) is 33.0 Å². The molecule has 1 aromatic rings. The van der Waals surface area contributed by atoms with Gasteiger partial charge in [-0.05, 0) is 33.1 Å². The third-order valence-electron chi connectivity index (χ3n) is 3.22. The van der Waals surface area contributed by atoms with E-state index in [0.29, 0.717) is 5.92 Å². The molecule has 0 radical (unpaired) electrons. The van der Waals surface area contributed by atoms with Gasteiger partial charge in [0.25, 0.3) is 0 Å². The summed E-state index contributed by atoms with van der Waals surface area (Å²) in [7, 11) is 0. The van der Waals surface area contributed by atoms with E-state index in [0.717, 1.165) is 38.4 Å². The van der Waals surface area contributed by atoms with Crippen molar-refractivity contribution in [1.82, 2.24) is 20.2 Å². The number of nitrogens with zero attached hydrogens (tertiary/aromatic N) is 2. The first-order valence-electron chi connectivity index (χ1n) is 7.11. The first-order chi connectivity index (χ1) is 9.44. The largest absolute Gasteiger partial charge is 0.444 e. The molecule has 1 fully saturated rings. The van der Waals surface area contributed by atoms with Crippen molar-refractivity contribution in [3.63, 3.8) is 0 Å². The molecule has 0 spiro atoms. The van der Waals surface area contributed by atoms with Crippen LogP contribution in [-0.4, -0.2) is 46.2 Å². The molecule has 1 aromatic heterocycles. The lowest BCUT2D eigenvalue weighted by Crippen LogP contribution is -2.36.